The Balaban J connectivity index is 2.69. The summed E-state index contributed by atoms with van der Waals surface area (Å²) in [6.45, 7) is 4.26. The zero-order chi connectivity index (χ0) is 10.1. The van der Waals surface area contributed by atoms with Gasteiger partial charge in [-0.3, -0.25) is 4.40 Å². The third-order valence-corrected chi connectivity index (χ3v) is 2.31. The van der Waals surface area contributed by atoms with Gasteiger partial charge in [-0.15, -0.1) is 0 Å². The maximum Gasteiger partial charge on any atom is 0.144 e. The Bertz CT molecular complexity index is 503. The van der Waals surface area contributed by atoms with E-state index in [1.54, 1.807) is 6.20 Å². The summed E-state index contributed by atoms with van der Waals surface area (Å²) < 4.78 is 1.83. The summed E-state index contributed by atoms with van der Waals surface area (Å²) in [5.41, 5.74) is 2.63. The number of rotatable bonds is 1. The number of nitrogens with zero attached hydrogens (tertiary/aromatic N) is 3. The van der Waals surface area contributed by atoms with Crippen LogP contribution < -0.4 is 0 Å². The molecule has 0 aliphatic carbocycles. The summed E-state index contributed by atoms with van der Waals surface area (Å²) in [7, 11) is 0. The first-order valence-electron chi connectivity index (χ1n) is 4.59. The van der Waals surface area contributed by atoms with E-state index in [9.17, 15) is 0 Å². The van der Waals surface area contributed by atoms with Crippen LogP contribution in [0, 0.1) is 11.3 Å². The molecule has 0 amide bonds. The summed E-state index contributed by atoms with van der Waals surface area (Å²) in [4.78, 5) is 4.13. The standard InChI is InChI=1S/C11H11N3/c1-8(2)9-3-4-11-13-6-10(5-12)14(11)7-9/h3-4,6-8H,1-2H3. The maximum atomic E-state index is 8.84. The van der Waals surface area contributed by atoms with Gasteiger partial charge in [0, 0.05) is 6.20 Å². The van der Waals surface area contributed by atoms with E-state index in [-0.39, 0.29) is 0 Å². The van der Waals surface area contributed by atoms with Gasteiger partial charge in [-0.2, -0.15) is 5.26 Å². The van der Waals surface area contributed by atoms with Gasteiger partial charge in [0.15, 0.2) is 0 Å². The summed E-state index contributed by atoms with van der Waals surface area (Å²) >= 11 is 0. The van der Waals surface area contributed by atoms with Gasteiger partial charge in [0.05, 0.1) is 6.20 Å². The van der Waals surface area contributed by atoms with Crippen molar-refractivity contribution < 1.29 is 0 Å². The Morgan fingerprint density at radius 2 is 2.21 bits per heavy atom. The summed E-state index contributed by atoms with van der Waals surface area (Å²) in [6, 6.07) is 6.11. The predicted molar refractivity (Wildman–Crippen MR) is 54.0 cm³/mol. The van der Waals surface area contributed by atoms with Gasteiger partial charge in [0.1, 0.15) is 17.4 Å². The fourth-order valence-corrected chi connectivity index (χ4v) is 1.42. The van der Waals surface area contributed by atoms with Gasteiger partial charge in [0.25, 0.3) is 0 Å². The van der Waals surface area contributed by atoms with Crippen LogP contribution in [0.15, 0.2) is 24.5 Å². The lowest BCUT2D eigenvalue weighted by molar-refractivity contribution is 0.853. The van der Waals surface area contributed by atoms with E-state index in [1.165, 1.54) is 5.56 Å². The van der Waals surface area contributed by atoms with Crippen LogP contribution >= 0.6 is 0 Å². The van der Waals surface area contributed by atoms with Gasteiger partial charge in [-0.25, -0.2) is 4.98 Å². The van der Waals surface area contributed by atoms with Crippen molar-refractivity contribution in [2.45, 2.75) is 19.8 Å². The maximum absolute atomic E-state index is 8.84. The number of pyridine rings is 1. The molecule has 0 aromatic carbocycles. The van der Waals surface area contributed by atoms with E-state index in [1.807, 2.05) is 22.7 Å². The highest BCUT2D eigenvalue weighted by Gasteiger charge is 2.04. The van der Waals surface area contributed by atoms with E-state index < -0.39 is 0 Å². The summed E-state index contributed by atoms with van der Waals surface area (Å²) in [6.07, 6.45) is 3.57. The third kappa shape index (κ3) is 1.25. The smallest absolute Gasteiger partial charge is 0.144 e. The minimum absolute atomic E-state index is 0.466. The molecule has 0 atom stereocenters. The molecule has 2 rings (SSSR count). The highest BCUT2D eigenvalue weighted by Crippen LogP contribution is 2.15. The van der Waals surface area contributed by atoms with Crippen molar-refractivity contribution in [2.75, 3.05) is 0 Å². The Hall–Kier alpha value is -1.82. The number of hydrogen-bond acceptors (Lipinski definition) is 2. The molecule has 0 aliphatic rings. The van der Waals surface area contributed by atoms with Crippen molar-refractivity contribution in [3.05, 3.63) is 35.8 Å². The van der Waals surface area contributed by atoms with Crippen molar-refractivity contribution in [2.24, 2.45) is 0 Å². The second kappa shape index (κ2) is 3.15. The first kappa shape index (κ1) is 8.76. The minimum Gasteiger partial charge on any atom is -0.291 e. The molecule has 2 heterocycles. The van der Waals surface area contributed by atoms with Gasteiger partial charge in [-0.05, 0) is 17.5 Å². The van der Waals surface area contributed by atoms with Gasteiger partial charge in [0.2, 0.25) is 0 Å². The average molecular weight is 185 g/mol. The van der Waals surface area contributed by atoms with E-state index >= 15 is 0 Å². The van der Waals surface area contributed by atoms with Crippen molar-refractivity contribution in [3.8, 4) is 6.07 Å². The average Bonchev–Trinajstić information content (AvgIpc) is 2.59. The fourth-order valence-electron chi connectivity index (χ4n) is 1.42. The molecule has 0 fully saturated rings. The van der Waals surface area contributed by atoms with Gasteiger partial charge in [-0.1, -0.05) is 19.9 Å². The number of fused-ring (bicyclic) bond motifs is 1. The van der Waals surface area contributed by atoms with Crippen LogP contribution in [0.1, 0.15) is 31.0 Å². The van der Waals surface area contributed by atoms with Crippen LogP contribution in [0.4, 0.5) is 0 Å². The summed E-state index contributed by atoms with van der Waals surface area (Å²) in [5.74, 6) is 0.466. The molecule has 0 saturated heterocycles. The molecular formula is C11H11N3. The van der Waals surface area contributed by atoms with Crippen LogP contribution in [0.25, 0.3) is 5.65 Å². The van der Waals surface area contributed by atoms with E-state index in [0.717, 1.165) is 5.65 Å². The lowest BCUT2D eigenvalue weighted by Gasteiger charge is -2.05. The van der Waals surface area contributed by atoms with E-state index in [0.29, 0.717) is 11.6 Å². The molecule has 0 unspecified atom stereocenters. The minimum atomic E-state index is 0.466. The van der Waals surface area contributed by atoms with E-state index in [2.05, 4.69) is 24.9 Å². The van der Waals surface area contributed by atoms with Crippen LogP contribution in [0.5, 0.6) is 0 Å². The predicted octanol–water partition coefficient (Wildman–Crippen LogP) is 2.33. The number of imidazole rings is 1. The molecule has 70 valence electrons. The van der Waals surface area contributed by atoms with Crippen LogP contribution in [-0.2, 0) is 0 Å². The molecule has 3 nitrogen and oxygen atoms in total. The number of hydrogen-bond donors (Lipinski definition) is 0. The second-order valence-electron chi connectivity index (χ2n) is 3.60. The molecule has 0 N–H and O–H groups in total. The molecule has 0 radical (unpaired) electrons. The molecule has 3 heteroatoms. The molecule has 0 aliphatic heterocycles. The molecule has 14 heavy (non-hydrogen) atoms. The van der Waals surface area contributed by atoms with Crippen molar-refractivity contribution in [1.82, 2.24) is 9.38 Å². The largest absolute Gasteiger partial charge is 0.291 e. The molecule has 2 aromatic rings. The second-order valence-corrected chi connectivity index (χ2v) is 3.60. The lowest BCUT2D eigenvalue weighted by atomic mass is 10.1. The Labute approximate surface area is 82.6 Å². The van der Waals surface area contributed by atoms with Crippen LogP contribution in [0.3, 0.4) is 0 Å². The Kier molecular flexibility index (Phi) is 1.97. The topological polar surface area (TPSA) is 41.1 Å². The first-order valence-corrected chi connectivity index (χ1v) is 4.59. The molecular weight excluding hydrogens is 174 g/mol. The van der Waals surface area contributed by atoms with Crippen LogP contribution in [0.2, 0.25) is 0 Å². The molecule has 0 bridgehead atoms. The van der Waals surface area contributed by atoms with E-state index in [4.69, 9.17) is 5.26 Å². The third-order valence-electron chi connectivity index (χ3n) is 2.31. The fraction of sp³-hybridized carbons (Fsp3) is 0.273. The van der Waals surface area contributed by atoms with Crippen molar-refractivity contribution in [1.29, 1.82) is 5.26 Å². The molecule has 2 aromatic heterocycles. The highest BCUT2D eigenvalue weighted by molar-refractivity contribution is 5.45. The Morgan fingerprint density at radius 3 is 2.86 bits per heavy atom. The zero-order valence-corrected chi connectivity index (χ0v) is 8.23. The summed E-state index contributed by atoms with van der Waals surface area (Å²) in [5, 5.41) is 8.84. The normalized spacial score (nSPS) is 10.7. The monoisotopic (exact) mass is 185 g/mol. The zero-order valence-electron chi connectivity index (χ0n) is 8.23. The number of nitriles is 1. The van der Waals surface area contributed by atoms with Crippen molar-refractivity contribution >= 4 is 5.65 Å². The quantitative estimate of drug-likeness (QED) is 0.684. The molecule has 0 saturated carbocycles. The van der Waals surface area contributed by atoms with Gasteiger partial charge >= 0.3 is 0 Å². The first-order chi connectivity index (χ1) is 6.72. The van der Waals surface area contributed by atoms with Crippen molar-refractivity contribution in [3.63, 3.8) is 0 Å². The van der Waals surface area contributed by atoms with Crippen LogP contribution in [-0.4, -0.2) is 9.38 Å². The highest BCUT2D eigenvalue weighted by atomic mass is 15.0. The van der Waals surface area contributed by atoms with Gasteiger partial charge < -0.3 is 0 Å². The number of aromatic nitrogens is 2. The lowest BCUT2D eigenvalue weighted by Crippen LogP contribution is -1.93. The molecule has 0 spiro atoms. The SMILES string of the molecule is CC(C)c1ccc2ncc(C#N)n2c1. The Morgan fingerprint density at radius 1 is 1.43 bits per heavy atom.